The summed E-state index contributed by atoms with van der Waals surface area (Å²) < 4.78 is 53.5. The van der Waals surface area contributed by atoms with Crippen molar-refractivity contribution in [3.63, 3.8) is 0 Å². The molecule has 0 saturated carbocycles. The van der Waals surface area contributed by atoms with Gasteiger partial charge in [0.2, 0.25) is 0 Å². The van der Waals surface area contributed by atoms with E-state index in [1.807, 2.05) is 0 Å². The molecule has 0 saturated heterocycles. The van der Waals surface area contributed by atoms with Gasteiger partial charge in [0.25, 0.3) is 0 Å². The van der Waals surface area contributed by atoms with Crippen LogP contribution in [0.3, 0.4) is 0 Å². The maximum Gasteiger partial charge on any atom is 0.416 e. The molecule has 9 nitrogen and oxygen atoms in total. The van der Waals surface area contributed by atoms with Gasteiger partial charge in [0.15, 0.2) is 11.6 Å². The number of benzene rings is 2. The van der Waals surface area contributed by atoms with Crippen molar-refractivity contribution in [2.75, 3.05) is 13.7 Å². The van der Waals surface area contributed by atoms with Gasteiger partial charge in [0.05, 0.1) is 17.7 Å². The van der Waals surface area contributed by atoms with Gasteiger partial charge in [-0.2, -0.15) is 13.2 Å². The second-order valence-electron chi connectivity index (χ2n) is 9.48. The fraction of sp³-hybridized carbons (Fsp3) is 0.385. The largest absolute Gasteiger partial charge is 0.449 e. The zero-order chi connectivity index (χ0) is 29.0. The van der Waals surface area contributed by atoms with Crippen molar-refractivity contribution < 1.29 is 32.2 Å². The molecule has 1 atom stereocenters. The van der Waals surface area contributed by atoms with Crippen molar-refractivity contribution in [1.82, 2.24) is 14.3 Å². The van der Waals surface area contributed by atoms with Gasteiger partial charge in [-0.25, -0.2) is 14.3 Å². The number of nitrogens with zero attached hydrogens (tertiary/aromatic N) is 3. The SMILES string of the molecule is COC(C)(C)Cn1c(-c2ccc(Cl)cc2)nn(CC(=O)CC(COC(N)=O)c2ccccc2C(F)(F)F)c1=O. The number of nitrogens with two attached hydrogens (primary N) is 1. The van der Waals surface area contributed by atoms with Crippen LogP contribution >= 0.6 is 11.6 Å². The van der Waals surface area contributed by atoms with Crippen molar-refractivity contribution in [2.24, 2.45) is 5.73 Å². The predicted molar refractivity (Wildman–Crippen MR) is 137 cm³/mol. The number of carbonyl (C=O) groups excluding carboxylic acids is 2. The van der Waals surface area contributed by atoms with Gasteiger partial charge in [-0.15, -0.1) is 5.10 Å². The van der Waals surface area contributed by atoms with Gasteiger partial charge in [-0.1, -0.05) is 29.8 Å². The van der Waals surface area contributed by atoms with Crippen LogP contribution in [0.4, 0.5) is 18.0 Å². The number of hydrogen-bond donors (Lipinski definition) is 1. The highest BCUT2D eigenvalue weighted by Gasteiger charge is 2.36. The average Bonchev–Trinajstić information content (AvgIpc) is 3.15. The Morgan fingerprint density at radius 1 is 1.10 bits per heavy atom. The number of amides is 1. The number of primary amides is 1. The number of methoxy groups -OCH3 is 1. The Balaban J connectivity index is 1.96. The highest BCUT2D eigenvalue weighted by Crippen LogP contribution is 2.36. The number of aromatic nitrogens is 3. The van der Waals surface area contributed by atoms with E-state index in [1.165, 1.54) is 29.9 Å². The Labute approximate surface area is 227 Å². The van der Waals surface area contributed by atoms with Crippen LogP contribution in [0.1, 0.15) is 37.3 Å². The molecule has 0 aliphatic heterocycles. The van der Waals surface area contributed by atoms with Gasteiger partial charge < -0.3 is 15.2 Å². The zero-order valence-electron chi connectivity index (χ0n) is 21.5. The van der Waals surface area contributed by atoms with E-state index in [9.17, 15) is 27.6 Å². The molecule has 0 fully saturated rings. The van der Waals surface area contributed by atoms with Crippen molar-refractivity contribution in [3.05, 3.63) is 75.2 Å². The molecular formula is C26H28ClF3N4O5. The minimum Gasteiger partial charge on any atom is -0.449 e. The molecule has 2 aromatic carbocycles. The Bertz CT molecular complexity index is 1380. The molecule has 1 heterocycles. The van der Waals surface area contributed by atoms with E-state index in [2.05, 4.69) is 5.10 Å². The molecule has 3 aromatic rings. The van der Waals surface area contributed by atoms with Crippen LogP contribution in [0.25, 0.3) is 11.4 Å². The second kappa shape index (κ2) is 12.0. The number of carbonyl (C=O) groups is 2. The monoisotopic (exact) mass is 568 g/mol. The van der Waals surface area contributed by atoms with Crippen LogP contribution in [0, 0.1) is 0 Å². The molecule has 1 unspecified atom stereocenters. The quantitative estimate of drug-likeness (QED) is 0.360. The number of rotatable bonds is 11. The first-order chi connectivity index (χ1) is 18.2. The molecule has 0 spiro atoms. The summed E-state index contributed by atoms with van der Waals surface area (Å²) in [4.78, 5) is 37.6. The lowest BCUT2D eigenvalue weighted by molar-refractivity contribution is -0.138. The number of halogens is 4. The van der Waals surface area contributed by atoms with Crippen molar-refractivity contribution in [1.29, 1.82) is 0 Å². The molecule has 13 heteroatoms. The lowest BCUT2D eigenvalue weighted by atomic mass is 9.90. The molecule has 1 aromatic heterocycles. The van der Waals surface area contributed by atoms with E-state index in [0.717, 1.165) is 10.7 Å². The fourth-order valence-electron chi connectivity index (χ4n) is 4.00. The third-order valence-corrected chi connectivity index (χ3v) is 6.30. The number of alkyl halides is 3. The van der Waals surface area contributed by atoms with Gasteiger partial charge in [-0.3, -0.25) is 9.36 Å². The minimum atomic E-state index is -4.71. The van der Waals surface area contributed by atoms with Crippen molar-refractivity contribution in [3.8, 4) is 11.4 Å². The lowest BCUT2D eigenvalue weighted by Crippen LogP contribution is -2.36. The van der Waals surface area contributed by atoms with Crippen LogP contribution in [0.15, 0.2) is 53.3 Å². The van der Waals surface area contributed by atoms with Crippen molar-refractivity contribution in [2.45, 2.75) is 51.1 Å². The summed E-state index contributed by atoms with van der Waals surface area (Å²) in [7, 11) is 1.49. The molecule has 1 amide bonds. The molecule has 0 bridgehead atoms. The first-order valence-corrected chi connectivity index (χ1v) is 12.2. The summed E-state index contributed by atoms with van der Waals surface area (Å²) in [6.07, 6.45) is -6.37. The molecule has 0 radical (unpaired) electrons. The third-order valence-electron chi connectivity index (χ3n) is 6.05. The zero-order valence-corrected chi connectivity index (χ0v) is 22.3. The van der Waals surface area contributed by atoms with Crippen LogP contribution in [-0.2, 0) is 33.5 Å². The molecule has 3 rings (SSSR count). The van der Waals surface area contributed by atoms with E-state index in [-0.39, 0.29) is 17.9 Å². The maximum absolute atomic E-state index is 13.6. The number of ketones is 1. The van der Waals surface area contributed by atoms with Crippen LogP contribution < -0.4 is 11.4 Å². The molecule has 0 aliphatic carbocycles. The minimum absolute atomic E-state index is 0.0997. The number of ether oxygens (including phenoxy) is 2. The molecule has 0 aliphatic rings. The predicted octanol–water partition coefficient (Wildman–Crippen LogP) is 4.65. The van der Waals surface area contributed by atoms with Crippen LogP contribution in [-0.4, -0.2) is 45.5 Å². The van der Waals surface area contributed by atoms with E-state index >= 15 is 0 Å². The molecule has 2 N–H and O–H groups in total. The van der Waals surface area contributed by atoms with Gasteiger partial charge >= 0.3 is 18.0 Å². The average molecular weight is 569 g/mol. The van der Waals surface area contributed by atoms with Crippen molar-refractivity contribution >= 4 is 23.5 Å². The topological polar surface area (TPSA) is 118 Å². The van der Waals surface area contributed by atoms with Crippen LogP contribution in [0.2, 0.25) is 5.02 Å². The van der Waals surface area contributed by atoms with Crippen LogP contribution in [0.5, 0.6) is 0 Å². The summed E-state index contributed by atoms with van der Waals surface area (Å²) in [5, 5.41) is 4.82. The van der Waals surface area contributed by atoms with E-state index in [4.69, 9.17) is 26.8 Å². The summed E-state index contributed by atoms with van der Waals surface area (Å²) >= 11 is 5.99. The fourth-order valence-corrected chi connectivity index (χ4v) is 4.13. The highest BCUT2D eigenvalue weighted by molar-refractivity contribution is 6.30. The third kappa shape index (κ3) is 7.70. The van der Waals surface area contributed by atoms with Gasteiger partial charge in [-0.05, 0) is 49.7 Å². The van der Waals surface area contributed by atoms with E-state index in [1.54, 1.807) is 38.1 Å². The van der Waals surface area contributed by atoms with E-state index in [0.29, 0.717) is 10.6 Å². The Kier molecular flexibility index (Phi) is 9.23. The Morgan fingerprint density at radius 2 is 1.74 bits per heavy atom. The number of Topliss-reactive ketones (excluding diaryl/α,β-unsaturated/α-hetero) is 1. The summed E-state index contributed by atoms with van der Waals surface area (Å²) in [6.45, 7) is 2.56. The Hall–Kier alpha value is -3.64. The second-order valence-corrected chi connectivity index (χ2v) is 9.91. The highest BCUT2D eigenvalue weighted by atomic mass is 35.5. The molecular weight excluding hydrogens is 541 g/mol. The smallest absolute Gasteiger partial charge is 0.416 e. The standard InChI is InChI=1S/C26H28ClF3N4O5/c1-25(2,38-3)15-33-22(16-8-10-18(27)11-9-16)32-34(24(33)37)13-19(35)12-17(14-39-23(31)36)20-6-4-5-7-21(20)26(28,29)30/h4-11,17H,12-15H2,1-3H3,(H2,31,36). The summed E-state index contributed by atoms with van der Waals surface area (Å²) in [6, 6.07) is 11.3. The Morgan fingerprint density at radius 3 is 2.33 bits per heavy atom. The van der Waals surface area contributed by atoms with Gasteiger partial charge in [0, 0.05) is 30.0 Å². The van der Waals surface area contributed by atoms with E-state index < -0.39 is 60.4 Å². The first kappa shape index (κ1) is 29.9. The molecule has 39 heavy (non-hydrogen) atoms. The maximum atomic E-state index is 13.6. The number of hydrogen-bond acceptors (Lipinski definition) is 6. The summed E-state index contributed by atoms with van der Waals surface area (Å²) in [5.41, 5.74) is 3.00. The normalized spacial score (nSPS) is 12.8. The summed E-state index contributed by atoms with van der Waals surface area (Å²) in [5.74, 6) is -1.51. The lowest BCUT2D eigenvalue weighted by Gasteiger charge is -2.23. The first-order valence-electron chi connectivity index (χ1n) is 11.8. The van der Waals surface area contributed by atoms with Gasteiger partial charge in [0.1, 0.15) is 13.2 Å². The molecule has 210 valence electrons.